The third-order valence-corrected chi connectivity index (χ3v) is 0.671. The van der Waals surface area contributed by atoms with Crippen molar-refractivity contribution in [1.82, 2.24) is 0 Å². The van der Waals surface area contributed by atoms with Gasteiger partial charge in [-0.1, -0.05) is 7.60 Å². The summed E-state index contributed by atoms with van der Waals surface area (Å²) in [6.45, 7) is 0. The summed E-state index contributed by atoms with van der Waals surface area (Å²) < 4.78 is 9.35. The molecule has 38 valence electrons. The van der Waals surface area contributed by atoms with Crippen molar-refractivity contribution in [1.29, 1.82) is 0 Å². The van der Waals surface area contributed by atoms with Crippen molar-refractivity contribution in [3.8, 4) is 0 Å². The third-order valence-electron chi connectivity index (χ3n) is 0.224. The molecule has 7 heavy (non-hydrogen) atoms. The Balaban J connectivity index is 0. The largest absolute Gasteiger partial charge is 2.00 e. The average Bonchev–Trinajstić information content (AvgIpc) is 1.35. The molecule has 0 unspecified atom stereocenters. The number of hydrogen-bond donors (Lipinski definition) is 1. The van der Waals surface area contributed by atoms with Crippen LogP contribution in [0.5, 0.6) is 0 Å². The van der Waals surface area contributed by atoms with Gasteiger partial charge in [0.25, 0.3) is 0 Å². The summed E-state index contributed by atoms with van der Waals surface area (Å²) in [5.41, 5.74) is 4.42. The van der Waals surface area contributed by atoms with Gasteiger partial charge in [-0.05, 0) is 0 Å². The number of nitrogens with two attached hydrogens (primary N) is 1. The van der Waals surface area contributed by atoms with Gasteiger partial charge in [0.2, 0.25) is 0 Å². The van der Waals surface area contributed by atoms with E-state index in [0.29, 0.717) is 0 Å². The Morgan fingerprint density at radius 1 is 1.57 bits per heavy atom. The first-order valence-corrected chi connectivity index (χ1v) is 3.00. The van der Waals surface area contributed by atoms with Gasteiger partial charge >= 0.3 is 37.7 Å². The quantitative estimate of drug-likeness (QED) is 0.328. The molecule has 0 rings (SSSR count). The maximum absolute atomic E-state index is 9.35. The van der Waals surface area contributed by atoms with E-state index in [9.17, 15) is 14.4 Å². The molecule has 0 radical (unpaired) electrons. The van der Waals surface area contributed by atoms with E-state index >= 15 is 0 Å². The molecule has 4 nitrogen and oxygen atoms in total. The Morgan fingerprint density at radius 3 is 1.71 bits per heavy atom. The van der Waals surface area contributed by atoms with E-state index < -0.39 is 13.9 Å². The molecule has 0 aliphatic heterocycles. The number of hydrogen-bond acceptors (Lipinski definition) is 4. The molecule has 0 aromatic carbocycles. The van der Waals surface area contributed by atoms with Crippen molar-refractivity contribution >= 4 is 45.3 Å². The van der Waals surface area contributed by atoms with Crippen LogP contribution in [0.15, 0.2) is 0 Å². The van der Waals surface area contributed by atoms with Gasteiger partial charge in [0.1, 0.15) is 0 Å². The Labute approximate surface area is 71.2 Å². The van der Waals surface area contributed by atoms with E-state index in [1.807, 2.05) is 0 Å². The van der Waals surface area contributed by atoms with Gasteiger partial charge in [-0.2, -0.15) is 0 Å². The molecule has 0 aliphatic carbocycles. The van der Waals surface area contributed by atoms with Crippen LogP contribution in [0, 0.1) is 0 Å². The Hall–Kier alpha value is 1.37. The second kappa shape index (κ2) is 4.27. The summed E-state index contributed by atoms with van der Waals surface area (Å²) in [6, 6.07) is 0. The van der Waals surface area contributed by atoms with Gasteiger partial charge in [-0.3, -0.25) is 0 Å². The number of rotatable bonds is 1. The SMILES string of the molecule is NCP(=O)([O-])[O-].[Ca+2]. The van der Waals surface area contributed by atoms with Gasteiger partial charge in [-0.25, -0.2) is 0 Å². The van der Waals surface area contributed by atoms with Crippen LogP contribution in [-0.4, -0.2) is 44.0 Å². The molecule has 0 saturated carbocycles. The van der Waals surface area contributed by atoms with Crippen LogP contribution < -0.4 is 15.5 Å². The molecule has 6 heteroatoms. The molecular weight excluding hydrogens is 145 g/mol. The fourth-order valence-electron chi connectivity index (χ4n) is 0. The maximum atomic E-state index is 9.35. The zero-order chi connectivity index (χ0) is 5.21. The molecular formula is CH4CaNO3P. The topological polar surface area (TPSA) is 89.2 Å². The first-order chi connectivity index (χ1) is 2.56. The minimum Gasteiger partial charge on any atom is -0.810 e. The summed E-state index contributed by atoms with van der Waals surface area (Å²) in [7, 11) is -4.37. The molecule has 0 saturated heterocycles. The molecule has 0 aromatic rings. The predicted molar refractivity (Wildman–Crippen MR) is 22.4 cm³/mol. The van der Waals surface area contributed by atoms with E-state index in [-0.39, 0.29) is 37.7 Å². The molecule has 0 atom stereocenters. The van der Waals surface area contributed by atoms with Crippen molar-refractivity contribution in [2.24, 2.45) is 5.73 Å². The van der Waals surface area contributed by atoms with Crippen LogP contribution in [0.25, 0.3) is 0 Å². The van der Waals surface area contributed by atoms with Crippen LogP contribution in [0.3, 0.4) is 0 Å². The van der Waals surface area contributed by atoms with E-state index in [1.54, 1.807) is 0 Å². The standard InChI is InChI=1S/CH6NO3P.Ca/c2-1-6(3,4)5;/h1-2H2,(H2,3,4,5);/q;+2/p-2. The zero-order valence-corrected chi connectivity index (χ0v) is 6.77. The van der Waals surface area contributed by atoms with E-state index in [2.05, 4.69) is 5.73 Å². The Morgan fingerprint density at radius 2 is 1.71 bits per heavy atom. The Bertz CT molecular complexity index is 79.0. The summed E-state index contributed by atoms with van der Waals surface area (Å²) in [5.74, 6) is 0. The van der Waals surface area contributed by atoms with Crippen molar-refractivity contribution in [2.45, 2.75) is 0 Å². The second-order valence-electron chi connectivity index (χ2n) is 0.793. The van der Waals surface area contributed by atoms with Gasteiger partial charge in [0, 0.05) is 6.29 Å². The average molecular weight is 149 g/mol. The maximum Gasteiger partial charge on any atom is 2.00 e. The monoisotopic (exact) mass is 149 g/mol. The summed E-state index contributed by atoms with van der Waals surface area (Å²) in [4.78, 5) is 18.7. The molecule has 0 bridgehead atoms. The minimum atomic E-state index is -4.37. The van der Waals surface area contributed by atoms with Crippen LogP contribution in [0.4, 0.5) is 0 Å². The van der Waals surface area contributed by atoms with Gasteiger partial charge < -0.3 is 20.1 Å². The molecule has 0 spiro atoms. The van der Waals surface area contributed by atoms with E-state index in [0.717, 1.165) is 0 Å². The molecule has 2 N–H and O–H groups in total. The third kappa shape index (κ3) is 11.1. The first-order valence-electron chi connectivity index (χ1n) is 1.27. The molecule has 0 heterocycles. The first kappa shape index (κ1) is 11.2. The van der Waals surface area contributed by atoms with Crippen LogP contribution in [0.2, 0.25) is 0 Å². The van der Waals surface area contributed by atoms with E-state index in [1.165, 1.54) is 0 Å². The van der Waals surface area contributed by atoms with Gasteiger partial charge in [0.15, 0.2) is 0 Å². The van der Waals surface area contributed by atoms with Gasteiger partial charge in [-0.15, -0.1) is 0 Å². The fraction of sp³-hybridized carbons (Fsp3) is 1.00. The smallest absolute Gasteiger partial charge is 0.810 e. The Kier molecular flexibility index (Phi) is 6.83. The van der Waals surface area contributed by atoms with Crippen LogP contribution >= 0.6 is 7.60 Å². The van der Waals surface area contributed by atoms with Crippen molar-refractivity contribution in [3.05, 3.63) is 0 Å². The molecule has 0 aliphatic rings. The fourth-order valence-corrected chi connectivity index (χ4v) is 0. The van der Waals surface area contributed by atoms with Gasteiger partial charge in [0.05, 0.1) is 0 Å². The normalized spacial score (nSPS) is 10.1. The predicted octanol–water partition coefficient (Wildman–Crippen LogP) is -2.56. The molecule has 0 aromatic heterocycles. The minimum absolute atomic E-state index is 0. The van der Waals surface area contributed by atoms with Crippen LogP contribution in [-0.2, 0) is 4.57 Å². The van der Waals surface area contributed by atoms with Crippen molar-refractivity contribution in [2.75, 3.05) is 6.29 Å². The van der Waals surface area contributed by atoms with Crippen molar-refractivity contribution < 1.29 is 14.4 Å². The summed E-state index contributed by atoms with van der Waals surface area (Å²) in [5, 5.41) is 0. The van der Waals surface area contributed by atoms with Crippen molar-refractivity contribution in [3.63, 3.8) is 0 Å². The second-order valence-corrected chi connectivity index (χ2v) is 2.38. The van der Waals surface area contributed by atoms with E-state index in [4.69, 9.17) is 0 Å². The summed E-state index contributed by atoms with van der Waals surface area (Å²) in [6.07, 6.45) is -0.785. The zero-order valence-electron chi connectivity index (χ0n) is 3.66. The summed E-state index contributed by atoms with van der Waals surface area (Å²) >= 11 is 0. The molecule has 0 fully saturated rings. The molecule has 0 amide bonds. The van der Waals surface area contributed by atoms with Crippen LogP contribution in [0.1, 0.15) is 0 Å².